The number of rotatable bonds is 4. The summed E-state index contributed by atoms with van der Waals surface area (Å²) in [6, 6.07) is 6.32. The van der Waals surface area contributed by atoms with E-state index in [1.165, 1.54) is 37.2 Å². The molecule has 0 bridgehead atoms. The van der Waals surface area contributed by atoms with E-state index in [4.69, 9.17) is 18.6 Å². The summed E-state index contributed by atoms with van der Waals surface area (Å²) < 4.78 is 2.85. The van der Waals surface area contributed by atoms with Gasteiger partial charge in [-0.2, -0.15) is 0 Å². The molecular formula is C23H35Cl2N3SiTi-2. The molecule has 4 rings (SSSR count). The zero-order valence-corrected chi connectivity index (χ0v) is 22.8. The van der Waals surface area contributed by atoms with E-state index >= 15 is 0 Å². The molecule has 7 heteroatoms. The summed E-state index contributed by atoms with van der Waals surface area (Å²) in [5, 5.41) is 4.59. The van der Waals surface area contributed by atoms with Crippen molar-refractivity contribution in [2.24, 2.45) is 17.8 Å². The number of hydrogen-bond donors (Lipinski definition) is 0. The van der Waals surface area contributed by atoms with Crippen molar-refractivity contribution in [2.75, 3.05) is 26.2 Å². The second-order valence-electron chi connectivity index (χ2n) is 8.72. The van der Waals surface area contributed by atoms with Crippen LogP contribution in [0, 0.1) is 25.2 Å². The van der Waals surface area contributed by atoms with Gasteiger partial charge in [0.05, 0.1) is 5.69 Å². The van der Waals surface area contributed by atoms with Crippen LogP contribution in [0.25, 0.3) is 10.9 Å². The molecule has 0 spiro atoms. The van der Waals surface area contributed by atoms with Crippen LogP contribution in [0.2, 0.25) is 18.6 Å². The number of halogens is 2. The fourth-order valence-corrected chi connectivity index (χ4v) is 10.4. The van der Waals surface area contributed by atoms with Gasteiger partial charge >= 0.3 is 35.6 Å². The van der Waals surface area contributed by atoms with Crippen molar-refractivity contribution in [1.82, 2.24) is 9.55 Å². The van der Waals surface area contributed by atoms with Crippen molar-refractivity contribution in [3.05, 3.63) is 61.1 Å². The first kappa shape index (κ1) is 26.3. The average molecular weight is 500 g/mol. The minimum atomic E-state index is -1.52. The summed E-state index contributed by atoms with van der Waals surface area (Å²) in [5.41, 5.74) is 3.48. The molecule has 2 aliphatic carbocycles. The Morgan fingerprint density at radius 3 is 2.53 bits per heavy atom. The fourth-order valence-electron chi connectivity index (χ4n) is 5.86. The fraction of sp³-hybridized carbons (Fsp3) is 0.565. The van der Waals surface area contributed by atoms with Crippen LogP contribution in [-0.4, -0.2) is 44.0 Å². The van der Waals surface area contributed by atoms with Gasteiger partial charge in [0.1, 0.15) is 8.24 Å². The SMILES string of the molecule is CCC1CC2C(c3ccccn3)=CC=CC2C1[Si](C)(C)N1CC[N-]CC1.[CH3-].[Cl][Ti][Cl]. The topological polar surface area (TPSA) is 30.2 Å². The molecule has 30 heavy (non-hydrogen) atoms. The summed E-state index contributed by atoms with van der Waals surface area (Å²) in [6.07, 6.45) is 11.7. The van der Waals surface area contributed by atoms with Gasteiger partial charge in [0.15, 0.2) is 0 Å². The van der Waals surface area contributed by atoms with Crippen LogP contribution in [0.4, 0.5) is 0 Å². The maximum atomic E-state index is 4.89. The van der Waals surface area contributed by atoms with E-state index < -0.39 is 25.3 Å². The minimum absolute atomic E-state index is 0. The summed E-state index contributed by atoms with van der Waals surface area (Å²) in [4.78, 5) is 4.68. The monoisotopic (exact) mass is 499 g/mol. The molecule has 2 heterocycles. The van der Waals surface area contributed by atoms with Crippen molar-refractivity contribution in [3.63, 3.8) is 0 Å². The van der Waals surface area contributed by atoms with Gasteiger partial charge in [-0.1, -0.05) is 50.7 Å². The number of allylic oxidation sites excluding steroid dienone is 4. The van der Waals surface area contributed by atoms with Gasteiger partial charge in [-0.05, 0) is 60.5 Å². The molecule has 4 unspecified atom stereocenters. The Balaban J connectivity index is 0.000000757. The standard InChI is InChI=1S/C22H32N3Si.CH3.2ClH.Ti/c1-4-17-16-20-18(21-10-5-6-11-24-21)8-7-9-19(20)22(17)26(2,3)25-14-12-23-13-15-25;;;;/h5-11,17,19-20,22H,4,12-16H2,1-3H3;1H3;2*1H;/q2*-1;;;+2/p-2. The molecule has 1 aliphatic heterocycles. The van der Waals surface area contributed by atoms with Crippen molar-refractivity contribution in [1.29, 1.82) is 0 Å². The zero-order valence-electron chi connectivity index (χ0n) is 18.7. The third kappa shape index (κ3) is 5.70. The van der Waals surface area contributed by atoms with Crippen LogP contribution in [0.15, 0.2) is 42.6 Å². The van der Waals surface area contributed by atoms with Crippen molar-refractivity contribution in [2.45, 2.75) is 38.4 Å². The van der Waals surface area contributed by atoms with Gasteiger partial charge in [0.2, 0.25) is 0 Å². The van der Waals surface area contributed by atoms with E-state index in [9.17, 15) is 0 Å². The van der Waals surface area contributed by atoms with Crippen molar-refractivity contribution in [3.8, 4) is 0 Å². The molecule has 1 saturated carbocycles. The maximum absolute atomic E-state index is 4.89. The van der Waals surface area contributed by atoms with Crippen LogP contribution >= 0.6 is 18.6 Å². The number of hydrogen-bond acceptors (Lipinski definition) is 2. The normalized spacial score (nSPS) is 28.5. The second-order valence-corrected chi connectivity index (χ2v) is 15.9. The Bertz CT molecular complexity index is 708. The molecule has 3 nitrogen and oxygen atoms in total. The van der Waals surface area contributed by atoms with Crippen LogP contribution in [0.1, 0.15) is 25.5 Å². The molecule has 0 amide bonds. The Labute approximate surface area is 201 Å². The Hall–Kier alpha value is 0.0612. The quantitative estimate of drug-likeness (QED) is 0.337. The number of fused-ring (bicyclic) bond motifs is 1. The molecular weight excluding hydrogens is 465 g/mol. The van der Waals surface area contributed by atoms with Crippen LogP contribution in [0.5, 0.6) is 0 Å². The van der Waals surface area contributed by atoms with E-state index in [0.717, 1.165) is 24.5 Å². The Morgan fingerprint density at radius 1 is 1.23 bits per heavy atom. The molecule has 1 saturated heterocycles. The van der Waals surface area contributed by atoms with Crippen LogP contribution < -0.4 is 0 Å². The van der Waals surface area contributed by atoms with Gasteiger partial charge in [-0.25, -0.2) is 0 Å². The van der Waals surface area contributed by atoms with Gasteiger partial charge in [-0.15, -0.1) is 13.1 Å². The molecule has 2 fully saturated rings. The van der Waals surface area contributed by atoms with Gasteiger partial charge in [0.25, 0.3) is 0 Å². The first-order valence-electron chi connectivity index (χ1n) is 10.7. The Morgan fingerprint density at radius 2 is 1.93 bits per heavy atom. The predicted molar refractivity (Wildman–Crippen MR) is 131 cm³/mol. The molecule has 1 aromatic heterocycles. The molecule has 4 atom stereocenters. The molecule has 1 aromatic rings. The first-order valence-corrected chi connectivity index (χ1v) is 18.0. The van der Waals surface area contributed by atoms with Crippen LogP contribution in [-0.2, 0) is 17.0 Å². The van der Waals surface area contributed by atoms with E-state index in [-0.39, 0.29) is 7.43 Å². The van der Waals surface area contributed by atoms with Gasteiger partial charge < -0.3 is 17.3 Å². The number of piperazine rings is 1. The third-order valence-corrected chi connectivity index (χ3v) is 11.7. The number of nitrogens with zero attached hydrogens (tertiary/aromatic N) is 3. The zero-order chi connectivity index (χ0) is 20.9. The number of aromatic nitrogens is 1. The van der Waals surface area contributed by atoms with E-state index in [0.29, 0.717) is 11.8 Å². The predicted octanol–water partition coefficient (Wildman–Crippen LogP) is 6.79. The summed E-state index contributed by atoms with van der Waals surface area (Å²) in [5.74, 6) is 2.16. The second kappa shape index (κ2) is 12.3. The summed E-state index contributed by atoms with van der Waals surface area (Å²) in [6.45, 7) is 12.1. The molecule has 166 valence electrons. The summed E-state index contributed by atoms with van der Waals surface area (Å²) in [7, 11) is 8.26. The van der Waals surface area contributed by atoms with Gasteiger partial charge in [-0.3, -0.25) is 4.98 Å². The third-order valence-electron chi connectivity index (χ3n) is 7.12. The molecule has 3 aliphatic rings. The average Bonchev–Trinajstić information content (AvgIpc) is 3.15. The van der Waals surface area contributed by atoms with E-state index in [1.54, 1.807) is 0 Å². The van der Waals surface area contributed by atoms with Crippen molar-refractivity contribution < 1.29 is 17.0 Å². The van der Waals surface area contributed by atoms with E-state index in [1.807, 2.05) is 12.3 Å². The van der Waals surface area contributed by atoms with Crippen molar-refractivity contribution >= 4 is 32.4 Å². The first-order chi connectivity index (χ1) is 14.0. The van der Waals surface area contributed by atoms with Gasteiger partial charge in [0, 0.05) is 6.20 Å². The summed E-state index contributed by atoms with van der Waals surface area (Å²) >= 11 is -0.556. The molecule has 0 aromatic carbocycles. The molecule has 0 radical (unpaired) electrons. The molecule has 0 N–H and O–H groups in total. The van der Waals surface area contributed by atoms with Crippen LogP contribution in [0.3, 0.4) is 0 Å². The van der Waals surface area contributed by atoms with E-state index in [2.05, 4.69) is 65.2 Å². The Kier molecular flexibility index (Phi) is 10.8. The number of pyridine rings is 1.